The van der Waals surface area contributed by atoms with Gasteiger partial charge in [-0.05, 0) is 55.7 Å². The van der Waals surface area contributed by atoms with Gasteiger partial charge in [0.2, 0.25) is 0 Å². The van der Waals surface area contributed by atoms with Crippen molar-refractivity contribution in [3.05, 3.63) is 28.8 Å². The SMILES string of the molecule is O=Cc1ccc(N(CC2CC2)CC2CC2)cc1Cl. The lowest BCUT2D eigenvalue weighted by Crippen LogP contribution is -2.28. The number of carbonyl (C=O) groups is 1. The highest BCUT2D eigenvalue weighted by Gasteiger charge is 2.29. The summed E-state index contributed by atoms with van der Waals surface area (Å²) >= 11 is 6.12. The summed E-state index contributed by atoms with van der Waals surface area (Å²) in [4.78, 5) is 13.2. The fourth-order valence-electron chi connectivity index (χ4n) is 2.32. The van der Waals surface area contributed by atoms with Crippen LogP contribution in [0.15, 0.2) is 18.2 Å². The van der Waals surface area contributed by atoms with Crippen LogP contribution in [0, 0.1) is 11.8 Å². The molecule has 0 radical (unpaired) electrons. The molecule has 0 bridgehead atoms. The number of hydrogen-bond acceptors (Lipinski definition) is 2. The van der Waals surface area contributed by atoms with Gasteiger partial charge in [0.1, 0.15) is 0 Å². The van der Waals surface area contributed by atoms with E-state index in [0.717, 1.165) is 31.2 Å². The van der Waals surface area contributed by atoms with E-state index in [-0.39, 0.29) is 0 Å². The zero-order valence-corrected chi connectivity index (χ0v) is 11.2. The van der Waals surface area contributed by atoms with E-state index in [2.05, 4.69) is 4.90 Å². The van der Waals surface area contributed by atoms with Crippen LogP contribution in [0.2, 0.25) is 5.02 Å². The van der Waals surface area contributed by atoms with Crippen molar-refractivity contribution in [3.63, 3.8) is 0 Å². The van der Waals surface area contributed by atoms with Gasteiger partial charge in [0.05, 0.1) is 5.02 Å². The minimum atomic E-state index is 0.569. The molecule has 0 saturated heterocycles. The van der Waals surface area contributed by atoms with E-state index in [1.807, 2.05) is 18.2 Å². The maximum atomic E-state index is 10.8. The lowest BCUT2D eigenvalue weighted by Gasteiger charge is -2.25. The number of carbonyl (C=O) groups excluding carboxylic acids is 1. The molecule has 2 saturated carbocycles. The Morgan fingerprint density at radius 2 is 1.78 bits per heavy atom. The van der Waals surface area contributed by atoms with Gasteiger partial charge in [0, 0.05) is 24.3 Å². The molecule has 0 amide bonds. The maximum absolute atomic E-state index is 10.8. The largest absolute Gasteiger partial charge is 0.371 e. The molecule has 0 atom stereocenters. The lowest BCUT2D eigenvalue weighted by molar-refractivity contribution is 0.112. The van der Waals surface area contributed by atoms with Crippen molar-refractivity contribution in [3.8, 4) is 0 Å². The summed E-state index contributed by atoms with van der Waals surface area (Å²) in [5.41, 5.74) is 1.75. The number of benzene rings is 1. The molecule has 1 aromatic carbocycles. The predicted octanol–water partition coefficient (Wildman–Crippen LogP) is 3.78. The first-order chi connectivity index (χ1) is 8.76. The fraction of sp³-hybridized carbons (Fsp3) is 0.533. The molecule has 0 aromatic heterocycles. The first-order valence-corrected chi connectivity index (χ1v) is 7.13. The van der Waals surface area contributed by atoms with Crippen molar-refractivity contribution in [1.82, 2.24) is 0 Å². The number of halogens is 1. The molecule has 2 aliphatic rings. The molecule has 0 spiro atoms. The average Bonchev–Trinajstić information content (AvgIpc) is 3.23. The monoisotopic (exact) mass is 263 g/mol. The van der Waals surface area contributed by atoms with E-state index in [1.54, 1.807) is 0 Å². The Labute approximate surface area is 113 Å². The summed E-state index contributed by atoms with van der Waals surface area (Å²) in [7, 11) is 0. The molecule has 0 N–H and O–H groups in total. The van der Waals surface area contributed by atoms with E-state index < -0.39 is 0 Å². The Kier molecular flexibility index (Phi) is 3.29. The first kappa shape index (κ1) is 12.0. The summed E-state index contributed by atoms with van der Waals surface area (Å²) in [6.07, 6.45) is 6.27. The molecule has 96 valence electrons. The van der Waals surface area contributed by atoms with Crippen LogP contribution in [-0.4, -0.2) is 19.4 Å². The number of rotatable bonds is 6. The van der Waals surface area contributed by atoms with Crippen LogP contribution in [0.3, 0.4) is 0 Å². The Morgan fingerprint density at radius 3 is 2.22 bits per heavy atom. The third kappa shape index (κ3) is 2.86. The van der Waals surface area contributed by atoms with Crippen molar-refractivity contribution in [1.29, 1.82) is 0 Å². The van der Waals surface area contributed by atoms with Gasteiger partial charge in [0.25, 0.3) is 0 Å². The van der Waals surface area contributed by atoms with Gasteiger partial charge in [-0.25, -0.2) is 0 Å². The van der Waals surface area contributed by atoms with Crippen LogP contribution in [0.5, 0.6) is 0 Å². The van der Waals surface area contributed by atoms with E-state index in [4.69, 9.17) is 11.6 Å². The van der Waals surface area contributed by atoms with Crippen molar-refractivity contribution >= 4 is 23.6 Å². The second-order valence-electron chi connectivity index (χ2n) is 5.62. The van der Waals surface area contributed by atoms with E-state index in [0.29, 0.717) is 10.6 Å². The normalized spacial score (nSPS) is 18.7. The molecule has 18 heavy (non-hydrogen) atoms. The van der Waals surface area contributed by atoms with Gasteiger partial charge in [-0.3, -0.25) is 4.79 Å². The van der Waals surface area contributed by atoms with Gasteiger partial charge < -0.3 is 4.90 Å². The van der Waals surface area contributed by atoms with Crippen LogP contribution < -0.4 is 4.90 Å². The van der Waals surface area contributed by atoms with Crippen LogP contribution in [0.4, 0.5) is 5.69 Å². The quantitative estimate of drug-likeness (QED) is 0.728. The van der Waals surface area contributed by atoms with Crippen molar-refractivity contribution in [2.75, 3.05) is 18.0 Å². The van der Waals surface area contributed by atoms with Gasteiger partial charge >= 0.3 is 0 Å². The smallest absolute Gasteiger partial charge is 0.151 e. The summed E-state index contributed by atoms with van der Waals surface area (Å²) in [5, 5.41) is 0.569. The molecule has 0 unspecified atom stereocenters. The lowest BCUT2D eigenvalue weighted by atomic mass is 10.2. The Bertz CT molecular complexity index is 438. The number of anilines is 1. The Balaban J connectivity index is 1.78. The minimum absolute atomic E-state index is 0.569. The van der Waals surface area contributed by atoms with Crippen LogP contribution >= 0.6 is 11.6 Å². The number of aldehydes is 1. The first-order valence-electron chi connectivity index (χ1n) is 6.76. The van der Waals surface area contributed by atoms with Crippen molar-refractivity contribution in [2.24, 2.45) is 11.8 Å². The highest BCUT2D eigenvalue weighted by molar-refractivity contribution is 6.33. The van der Waals surface area contributed by atoms with Crippen LogP contribution in [0.25, 0.3) is 0 Å². The van der Waals surface area contributed by atoms with Gasteiger partial charge in [-0.1, -0.05) is 11.6 Å². The highest BCUT2D eigenvalue weighted by atomic mass is 35.5. The molecule has 3 heteroatoms. The van der Waals surface area contributed by atoms with Gasteiger partial charge in [-0.2, -0.15) is 0 Å². The zero-order valence-electron chi connectivity index (χ0n) is 10.4. The fourth-order valence-corrected chi connectivity index (χ4v) is 2.54. The van der Waals surface area contributed by atoms with Crippen LogP contribution in [0.1, 0.15) is 36.0 Å². The van der Waals surface area contributed by atoms with E-state index >= 15 is 0 Å². The zero-order chi connectivity index (χ0) is 12.5. The molecule has 0 heterocycles. The standard InChI is InChI=1S/C15H18ClNO/c16-15-7-14(6-5-13(15)10-18)17(8-11-1-2-11)9-12-3-4-12/h5-7,10-12H,1-4,8-9H2. The molecule has 2 aliphatic carbocycles. The molecule has 2 fully saturated rings. The Morgan fingerprint density at radius 1 is 1.17 bits per heavy atom. The average molecular weight is 264 g/mol. The number of hydrogen-bond donors (Lipinski definition) is 0. The molecule has 1 aromatic rings. The molecule has 0 aliphatic heterocycles. The van der Waals surface area contributed by atoms with Crippen molar-refractivity contribution < 1.29 is 4.79 Å². The van der Waals surface area contributed by atoms with Crippen molar-refractivity contribution in [2.45, 2.75) is 25.7 Å². The van der Waals surface area contributed by atoms with E-state index in [1.165, 1.54) is 31.4 Å². The summed E-state index contributed by atoms with van der Waals surface area (Å²) in [5.74, 6) is 1.74. The highest BCUT2D eigenvalue weighted by Crippen LogP contribution is 2.36. The van der Waals surface area contributed by atoms with Gasteiger partial charge in [-0.15, -0.1) is 0 Å². The number of nitrogens with zero attached hydrogens (tertiary/aromatic N) is 1. The molecular weight excluding hydrogens is 246 g/mol. The third-order valence-electron chi connectivity index (χ3n) is 3.83. The second kappa shape index (κ2) is 4.93. The molecule has 3 rings (SSSR count). The van der Waals surface area contributed by atoms with Crippen LogP contribution in [-0.2, 0) is 0 Å². The molecular formula is C15H18ClNO. The predicted molar refractivity (Wildman–Crippen MR) is 74.5 cm³/mol. The topological polar surface area (TPSA) is 20.3 Å². The molecule has 2 nitrogen and oxygen atoms in total. The second-order valence-corrected chi connectivity index (χ2v) is 6.02. The maximum Gasteiger partial charge on any atom is 0.151 e. The summed E-state index contributed by atoms with van der Waals surface area (Å²) in [6, 6.07) is 5.80. The minimum Gasteiger partial charge on any atom is -0.371 e. The third-order valence-corrected chi connectivity index (χ3v) is 4.15. The Hall–Kier alpha value is -1.02. The summed E-state index contributed by atoms with van der Waals surface area (Å²) < 4.78 is 0. The summed E-state index contributed by atoms with van der Waals surface area (Å²) in [6.45, 7) is 2.29. The van der Waals surface area contributed by atoms with E-state index in [9.17, 15) is 4.79 Å². The van der Waals surface area contributed by atoms with Gasteiger partial charge in [0.15, 0.2) is 6.29 Å².